The molecular weight excluding hydrogens is 484 g/mol. The lowest BCUT2D eigenvalue weighted by Crippen LogP contribution is -2.56. The molecule has 7 heterocycles. The molecule has 1 fully saturated rings. The molecule has 12 heteroatoms. The van der Waals surface area contributed by atoms with E-state index in [1.54, 1.807) is 18.6 Å². The third-order valence-corrected chi connectivity index (χ3v) is 6.80. The number of rotatable bonds is 4. The number of anilines is 1. The van der Waals surface area contributed by atoms with Gasteiger partial charge in [0.05, 0.1) is 34.8 Å². The lowest BCUT2D eigenvalue weighted by atomic mass is 10.1. The van der Waals surface area contributed by atoms with Gasteiger partial charge in [0, 0.05) is 30.9 Å². The first-order valence-electron chi connectivity index (χ1n) is 12.1. The van der Waals surface area contributed by atoms with Crippen LogP contribution in [0.25, 0.3) is 56.2 Å². The molecule has 0 bridgehead atoms. The second-order valence-corrected chi connectivity index (χ2v) is 9.30. The van der Waals surface area contributed by atoms with Gasteiger partial charge in [0.1, 0.15) is 22.5 Å². The molecule has 0 aliphatic carbocycles. The quantitative estimate of drug-likeness (QED) is 0.326. The molecule has 12 nitrogen and oxygen atoms in total. The van der Waals surface area contributed by atoms with E-state index in [-0.39, 0.29) is 12.8 Å². The second kappa shape index (κ2) is 7.95. The van der Waals surface area contributed by atoms with Crippen LogP contribution in [0.4, 0.5) is 5.82 Å². The van der Waals surface area contributed by atoms with E-state index >= 15 is 0 Å². The summed E-state index contributed by atoms with van der Waals surface area (Å²) in [6.07, 6.45) is 5.21. The molecule has 8 rings (SSSR count). The SMILES string of the molecule is NC1CN(c2cncc(-c3ccc4[nH]nc(-c5nc6c(-c7ccc8c(c7)OCO8)nccc6[nH]5)c4n3)n2)C1. The summed E-state index contributed by atoms with van der Waals surface area (Å²) < 4.78 is 11.0. The standard InChI is InChI=1S/C26H20N10O2/c27-14-10-36(11-14)21-9-28-8-18(30-21)15-2-3-17-24(31-15)25(35-34-17)26-32-16-5-6-29-22(23(16)33-26)13-1-4-19-20(7-13)38-12-37-19/h1-9,14H,10-12,27H2,(H,32,33)(H,34,35). The number of H-pyrrole nitrogens is 2. The summed E-state index contributed by atoms with van der Waals surface area (Å²) in [5.74, 6) is 2.79. The van der Waals surface area contributed by atoms with Gasteiger partial charge >= 0.3 is 0 Å². The Kier molecular flexibility index (Phi) is 4.40. The molecule has 0 radical (unpaired) electrons. The number of benzene rings is 1. The summed E-state index contributed by atoms with van der Waals surface area (Å²) in [6, 6.07) is 11.6. The topological polar surface area (TPSA) is 157 Å². The minimum Gasteiger partial charge on any atom is -0.454 e. The Morgan fingerprint density at radius 1 is 0.868 bits per heavy atom. The van der Waals surface area contributed by atoms with Gasteiger partial charge in [-0.15, -0.1) is 0 Å². The lowest BCUT2D eigenvalue weighted by Gasteiger charge is -2.37. The van der Waals surface area contributed by atoms with Gasteiger partial charge in [-0.3, -0.25) is 15.1 Å². The first-order chi connectivity index (χ1) is 18.7. The van der Waals surface area contributed by atoms with E-state index < -0.39 is 0 Å². The summed E-state index contributed by atoms with van der Waals surface area (Å²) in [5, 5.41) is 7.59. The van der Waals surface area contributed by atoms with Crippen molar-refractivity contribution >= 4 is 27.9 Å². The monoisotopic (exact) mass is 504 g/mol. The predicted octanol–water partition coefficient (Wildman–Crippen LogP) is 2.90. The summed E-state index contributed by atoms with van der Waals surface area (Å²) in [5.41, 5.74) is 12.5. The molecule has 38 heavy (non-hydrogen) atoms. The third-order valence-electron chi connectivity index (χ3n) is 6.80. The van der Waals surface area contributed by atoms with E-state index in [1.807, 2.05) is 36.4 Å². The van der Waals surface area contributed by atoms with Crippen molar-refractivity contribution in [3.8, 4) is 45.7 Å². The number of hydrogen-bond acceptors (Lipinski definition) is 10. The molecule has 186 valence electrons. The minimum absolute atomic E-state index is 0.174. The Hall–Kier alpha value is -5.10. The molecule has 1 aromatic carbocycles. The van der Waals surface area contributed by atoms with Gasteiger partial charge in [0.15, 0.2) is 23.0 Å². The zero-order chi connectivity index (χ0) is 25.2. The van der Waals surface area contributed by atoms with Crippen molar-refractivity contribution in [3.05, 3.63) is 55.0 Å². The second-order valence-electron chi connectivity index (χ2n) is 9.30. The highest BCUT2D eigenvalue weighted by Crippen LogP contribution is 2.37. The van der Waals surface area contributed by atoms with Gasteiger partial charge < -0.3 is 25.1 Å². The predicted molar refractivity (Wildman–Crippen MR) is 140 cm³/mol. The van der Waals surface area contributed by atoms with Crippen LogP contribution in [0.3, 0.4) is 0 Å². The van der Waals surface area contributed by atoms with Crippen LogP contribution in [-0.4, -0.2) is 66.0 Å². The summed E-state index contributed by atoms with van der Waals surface area (Å²) in [4.78, 5) is 29.0. The van der Waals surface area contributed by atoms with Gasteiger partial charge in [-0.1, -0.05) is 0 Å². The zero-order valence-electron chi connectivity index (χ0n) is 19.9. The number of hydrogen-bond donors (Lipinski definition) is 3. The van der Waals surface area contributed by atoms with Crippen LogP contribution in [0.5, 0.6) is 11.5 Å². The first-order valence-corrected chi connectivity index (χ1v) is 12.1. The number of fused-ring (bicyclic) bond motifs is 3. The number of aromatic nitrogens is 8. The molecule has 5 aromatic heterocycles. The van der Waals surface area contributed by atoms with Gasteiger partial charge in [-0.2, -0.15) is 5.10 Å². The summed E-state index contributed by atoms with van der Waals surface area (Å²) >= 11 is 0. The van der Waals surface area contributed by atoms with Crippen molar-refractivity contribution in [1.82, 2.24) is 40.1 Å². The Bertz CT molecular complexity index is 1860. The van der Waals surface area contributed by atoms with Crippen molar-refractivity contribution in [1.29, 1.82) is 0 Å². The number of ether oxygens (including phenoxy) is 2. The molecule has 4 N–H and O–H groups in total. The molecule has 0 saturated carbocycles. The fourth-order valence-corrected chi connectivity index (χ4v) is 4.84. The van der Waals surface area contributed by atoms with Gasteiger partial charge in [0.25, 0.3) is 0 Å². The maximum absolute atomic E-state index is 5.93. The van der Waals surface area contributed by atoms with Gasteiger partial charge in [-0.25, -0.2) is 15.0 Å². The van der Waals surface area contributed by atoms with Crippen LogP contribution in [0.2, 0.25) is 0 Å². The molecular formula is C26H20N10O2. The molecule has 0 unspecified atom stereocenters. The van der Waals surface area contributed by atoms with Crippen LogP contribution in [0.1, 0.15) is 0 Å². The fourth-order valence-electron chi connectivity index (χ4n) is 4.84. The van der Waals surface area contributed by atoms with E-state index in [2.05, 4.69) is 30.0 Å². The normalized spacial score (nSPS) is 14.9. The number of nitrogens with one attached hydrogen (secondary N) is 2. The van der Waals surface area contributed by atoms with Crippen LogP contribution < -0.4 is 20.1 Å². The average molecular weight is 505 g/mol. The number of nitrogens with zero attached hydrogens (tertiary/aromatic N) is 7. The van der Waals surface area contributed by atoms with Crippen molar-refractivity contribution in [3.63, 3.8) is 0 Å². The molecule has 2 aliphatic heterocycles. The largest absolute Gasteiger partial charge is 0.454 e. The van der Waals surface area contributed by atoms with Gasteiger partial charge in [-0.05, 0) is 36.4 Å². The molecule has 1 saturated heterocycles. The maximum Gasteiger partial charge on any atom is 0.231 e. The molecule has 0 spiro atoms. The van der Waals surface area contributed by atoms with Crippen molar-refractivity contribution in [2.45, 2.75) is 6.04 Å². The molecule has 0 atom stereocenters. The molecule has 2 aliphatic rings. The summed E-state index contributed by atoms with van der Waals surface area (Å²) in [6.45, 7) is 1.75. The number of pyridine rings is 2. The average Bonchev–Trinajstić information content (AvgIpc) is 3.68. The Balaban J connectivity index is 1.20. The third kappa shape index (κ3) is 3.27. The van der Waals surface area contributed by atoms with Crippen molar-refractivity contribution in [2.75, 3.05) is 24.8 Å². The van der Waals surface area contributed by atoms with Gasteiger partial charge in [0.2, 0.25) is 6.79 Å². The number of imidazole rings is 1. The van der Waals surface area contributed by atoms with Crippen molar-refractivity contribution in [2.24, 2.45) is 5.73 Å². The summed E-state index contributed by atoms with van der Waals surface area (Å²) in [7, 11) is 0. The Labute approximate surface area is 214 Å². The van der Waals surface area contributed by atoms with Crippen LogP contribution in [-0.2, 0) is 0 Å². The van der Waals surface area contributed by atoms with E-state index in [4.69, 9.17) is 30.2 Å². The number of aromatic amines is 2. The highest BCUT2D eigenvalue weighted by Gasteiger charge is 2.25. The maximum atomic E-state index is 5.93. The van der Waals surface area contributed by atoms with Crippen molar-refractivity contribution < 1.29 is 9.47 Å². The fraction of sp³-hybridized carbons (Fsp3) is 0.154. The minimum atomic E-state index is 0.174. The lowest BCUT2D eigenvalue weighted by molar-refractivity contribution is 0.174. The van der Waals surface area contributed by atoms with Crippen LogP contribution in [0.15, 0.2) is 55.0 Å². The Morgan fingerprint density at radius 3 is 2.68 bits per heavy atom. The van der Waals surface area contributed by atoms with E-state index in [1.165, 1.54) is 0 Å². The van der Waals surface area contributed by atoms with E-state index in [0.29, 0.717) is 34.2 Å². The Morgan fingerprint density at radius 2 is 1.76 bits per heavy atom. The van der Waals surface area contributed by atoms with E-state index in [9.17, 15) is 0 Å². The van der Waals surface area contributed by atoms with Crippen LogP contribution in [0, 0.1) is 0 Å². The first kappa shape index (κ1) is 21.0. The van der Waals surface area contributed by atoms with E-state index in [0.717, 1.165) is 52.5 Å². The molecule has 0 amide bonds. The van der Waals surface area contributed by atoms with Crippen LogP contribution >= 0.6 is 0 Å². The highest BCUT2D eigenvalue weighted by molar-refractivity contribution is 5.95. The zero-order valence-corrected chi connectivity index (χ0v) is 19.9. The smallest absolute Gasteiger partial charge is 0.231 e. The molecule has 6 aromatic rings. The number of nitrogens with two attached hydrogens (primary N) is 1. The highest BCUT2D eigenvalue weighted by atomic mass is 16.7.